The number of methoxy groups -OCH3 is 1. The second kappa shape index (κ2) is 11.4. The Kier molecular flexibility index (Phi) is 11.3. The van der Waals surface area contributed by atoms with Gasteiger partial charge in [0.1, 0.15) is 0 Å². The lowest BCUT2D eigenvalue weighted by atomic mass is 10.2. The van der Waals surface area contributed by atoms with Gasteiger partial charge in [-0.2, -0.15) is 12.7 Å². The van der Waals surface area contributed by atoms with Crippen LogP contribution in [0.1, 0.15) is 39.5 Å². The topological polar surface area (TPSA) is 70.7 Å². The molecular formula is C13H31N3O3S. The summed E-state index contributed by atoms with van der Waals surface area (Å²) in [5.41, 5.74) is 0. The van der Waals surface area contributed by atoms with Gasteiger partial charge in [-0.3, -0.25) is 0 Å². The fourth-order valence-corrected chi connectivity index (χ4v) is 2.66. The van der Waals surface area contributed by atoms with Crippen molar-refractivity contribution in [1.82, 2.24) is 14.3 Å². The molecule has 6 nitrogen and oxygen atoms in total. The maximum atomic E-state index is 11.9. The standard InChI is InChI=1S/C13H31N3O3S/c1-13(2)14-9-8-11-16(3)20(17,18)15-10-6-5-7-12-19-4/h13-15H,5-12H2,1-4H3. The van der Waals surface area contributed by atoms with Gasteiger partial charge in [0.25, 0.3) is 10.2 Å². The van der Waals surface area contributed by atoms with Crippen molar-refractivity contribution in [3.05, 3.63) is 0 Å². The Labute approximate surface area is 124 Å². The Morgan fingerprint density at radius 3 is 2.40 bits per heavy atom. The summed E-state index contributed by atoms with van der Waals surface area (Å²) in [5.74, 6) is 0. The lowest BCUT2D eigenvalue weighted by Crippen LogP contribution is -2.40. The smallest absolute Gasteiger partial charge is 0.279 e. The third-order valence-corrected chi connectivity index (χ3v) is 4.49. The van der Waals surface area contributed by atoms with Gasteiger partial charge in [-0.25, -0.2) is 4.72 Å². The van der Waals surface area contributed by atoms with Crippen LogP contribution in [0.4, 0.5) is 0 Å². The molecule has 0 aliphatic heterocycles. The molecule has 0 aromatic heterocycles. The highest BCUT2D eigenvalue weighted by atomic mass is 32.2. The molecule has 0 saturated carbocycles. The molecule has 0 radical (unpaired) electrons. The predicted molar refractivity (Wildman–Crippen MR) is 83.0 cm³/mol. The van der Waals surface area contributed by atoms with Gasteiger partial charge in [0.15, 0.2) is 0 Å². The van der Waals surface area contributed by atoms with E-state index in [2.05, 4.69) is 23.9 Å². The van der Waals surface area contributed by atoms with Crippen LogP contribution in [0.25, 0.3) is 0 Å². The normalized spacial score (nSPS) is 12.5. The summed E-state index contributed by atoms with van der Waals surface area (Å²) in [6, 6.07) is 0.433. The lowest BCUT2D eigenvalue weighted by molar-refractivity contribution is 0.192. The Hall–Kier alpha value is -0.210. The van der Waals surface area contributed by atoms with E-state index in [1.54, 1.807) is 14.2 Å². The van der Waals surface area contributed by atoms with Crippen LogP contribution in [-0.4, -0.2) is 59.2 Å². The van der Waals surface area contributed by atoms with Gasteiger partial charge >= 0.3 is 0 Å². The average Bonchev–Trinajstić information content (AvgIpc) is 2.38. The molecule has 122 valence electrons. The van der Waals surface area contributed by atoms with Crippen LogP contribution in [0.15, 0.2) is 0 Å². The highest BCUT2D eigenvalue weighted by molar-refractivity contribution is 7.87. The van der Waals surface area contributed by atoms with Crippen molar-refractivity contribution < 1.29 is 13.2 Å². The maximum absolute atomic E-state index is 11.9. The molecule has 0 heterocycles. The summed E-state index contributed by atoms with van der Waals surface area (Å²) < 4.78 is 32.8. The van der Waals surface area contributed by atoms with Gasteiger partial charge in [0, 0.05) is 39.9 Å². The molecular weight excluding hydrogens is 278 g/mol. The highest BCUT2D eigenvalue weighted by Gasteiger charge is 2.15. The molecule has 20 heavy (non-hydrogen) atoms. The molecule has 2 N–H and O–H groups in total. The van der Waals surface area contributed by atoms with Gasteiger partial charge in [-0.1, -0.05) is 13.8 Å². The minimum atomic E-state index is -3.33. The average molecular weight is 309 g/mol. The molecule has 0 rings (SSSR count). The van der Waals surface area contributed by atoms with E-state index < -0.39 is 10.2 Å². The van der Waals surface area contributed by atoms with Crippen LogP contribution < -0.4 is 10.0 Å². The predicted octanol–water partition coefficient (Wildman–Crippen LogP) is 0.957. The summed E-state index contributed by atoms with van der Waals surface area (Å²) in [6.45, 7) is 6.72. The van der Waals surface area contributed by atoms with E-state index in [0.29, 0.717) is 19.1 Å². The summed E-state index contributed by atoms with van der Waals surface area (Å²) in [5, 5.41) is 3.27. The molecule has 0 fully saturated rings. The number of nitrogens with zero attached hydrogens (tertiary/aromatic N) is 1. The summed E-state index contributed by atoms with van der Waals surface area (Å²) in [6.07, 6.45) is 3.59. The maximum Gasteiger partial charge on any atom is 0.279 e. The van der Waals surface area contributed by atoms with Crippen LogP contribution >= 0.6 is 0 Å². The molecule has 0 aromatic rings. The Bertz CT molecular complexity index is 321. The number of rotatable bonds is 13. The minimum Gasteiger partial charge on any atom is -0.385 e. The number of hydrogen-bond donors (Lipinski definition) is 2. The number of ether oxygens (including phenoxy) is 1. The van der Waals surface area contributed by atoms with Crippen molar-refractivity contribution >= 4 is 10.2 Å². The van der Waals surface area contributed by atoms with Gasteiger partial charge in [-0.05, 0) is 32.2 Å². The van der Waals surface area contributed by atoms with Crippen LogP contribution in [0.2, 0.25) is 0 Å². The zero-order valence-electron chi connectivity index (χ0n) is 13.3. The van der Waals surface area contributed by atoms with E-state index in [0.717, 1.165) is 38.8 Å². The highest BCUT2D eigenvalue weighted by Crippen LogP contribution is 1.98. The van der Waals surface area contributed by atoms with Gasteiger partial charge in [0.2, 0.25) is 0 Å². The van der Waals surface area contributed by atoms with Crippen LogP contribution in [0.5, 0.6) is 0 Å². The number of nitrogens with one attached hydrogen (secondary N) is 2. The fourth-order valence-electron chi connectivity index (χ4n) is 1.67. The number of unbranched alkanes of at least 4 members (excludes halogenated alkanes) is 2. The molecule has 0 amide bonds. The van der Waals surface area contributed by atoms with Gasteiger partial charge < -0.3 is 10.1 Å². The first-order valence-electron chi connectivity index (χ1n) is 7.33. The third kappa shape index (κ3) is 10.6. The van der Waals surface area contributed by atoms with E-state index in [4.69, 9.17) is 4.74 Å². The summed E-state index contributed by atoms with van der Waals surface area (Å²) in [7, 11) is -0.0433. The van der Waals surface area contributed by atoms with Gasteiger partial charge in [-0.15, -0.1) is 0 Å². The summed E-state index contributed by atoms with van der Waals surface area (Å²) in [4.78, 5) is 0. The van der Waals surface area contributed by atoms with Crippen LogP contribution in [0, 0.1) is 0 Å². The first-order valence-corrected chi connectivity index (χ1v) is 8.77. The zero-order chi connectivity index (χ0) is 15.4. The molecule has 0 aliphatic carbocycles. The van der Waals surface area contributed by atoms with Crippen molar-refractivity contribution in [3.63, 3.8) is 0 Å². The van der Waals surface area contributed by atoms with Crippen molar-refractivity contribution in [2.75, 3.05) is 40.4 Å². The molecule has 7 heteroatoms. The largest absolute Gasteiger partial charge is 0.385 e. The van der Waals surface area contributed by atoms with E-state index in [-0.39, 0.29) is 0 Å². The van der Waals surface area contributed by atoms with Crippen LogP contribution in [0.3, 0.4) is 0 Å². The molecule has 0 unspecified atom stereocenters. The molecule has 0 bridgehead atoms. The van der Waals surface area contributed by atoms with E-state index in [9.17, 15) is 8.42 Å². The summed E-state index contributed by atoms with van der Waals surface area (Å²) >= 11 is 0. The third-order valence-electron chi connectivity index (χ3n) is 2.92. The van der Waals surface area contributed by atoms with Crippen LogP contribution in [-0.2, 0) is 14.9 Å². The Balaban J connectivity index is 3.74. The number of hydrogen-bond acceptors (Lipinski definition) is 4. The molecule has 0 saturated heterocycles. The van der Waals surface area contributed by atoms with Crippen molar-refractivity contribution in [2.45, 2.75) is 45.6 Å². The van der Waals surface area contributed by atoms with Gasteiger partial charge in [0.05, 0.1) is 0 Å². The first kappa shape index (κ1) is 19.8. The zero-order valence-corrected chi connectivity index (χ0v) is 14.1. The SMILES string of the molecule is COCCCCCNS(=O)(=O)N(C)CCCNC(C)C. The first-order chi connectivity index (χ1) is 9.40. The second-order valence-electron chi connectivity index (χ2n) is 5.24. The fraction of sp³-hybridized carbons (Fsp3) is 1.00. The second-order valence-corrected chi connectivity index (χ2v) is 7.10. The molecule has 0 aliphatic rings. The van der Waals surface area contributed by atoms with Crippen molar-refractivity contribution in [2.24, 2.45) is 0 Å². The quantitative estimate of drug-likeness (QED) is 0.497. The van der Waals surface area contributed by atoms with Crippen molar-refractivity contribution in [1.29, 1.82) is 0 Å². The minimum absolute atomic E-state index is 0.433. The molecule has 0 aromatic carbocycles. The molecule has 0 spiro atoms. The monoisotopic (exact) mass is 309 g/mol. The molecule has 0 atom stereocenters. The Morgan fingerprint density at radius 1 is 1.10 bits per heavy atom. The van der Waals surface area contributed by atoms with Crippen molar-refractivity contribution in [3.8, 4) is 0 Å². The lowest BCUT2D eigenvalue weighted by Gasteiger charge is -2.18. The van der Waals surface area contributed by atoms with E-state index in [1.807, 2.05) is 0 Å². The Morgan fingerprint density at radius 2 is 1.80 bits per heavy atom. The van der Waals surface area contributed by atoms with E-state index >= 15 is 0 Å². The van der Waals surface area contributed by atoms with E-state index in [1.165, 1.54) is 4.31 Å².